The van der Waals surface area contributed by atoms with Gasteiger partial charge in [-0.3, -0.25) is 28.9 Å². The summed E-state index contributed by atoms with van der Waals surface area (Å²) < 4.78 is 72.3. The molecule has 0 unspecified atom stereocenters. The van der Waals surface area contributed by atoms with Gasteiger partial charge in [0.05, 0.1) is 50.7 Å². The van der Waals surface area contributed by atoms with E-state index in [1.54, 1.807) is 21.7 Å². The summed E-state index contributed by atoms with van der Waals surface area (Å²) in [5.41, 5.74) is 2.30. The SMILES string of the molecule is Cc1ncsc1-c1ccc([C@H](C)NC(=O)[C@@H]2C[C@@H](O)CN2C(=O)[C@@H](NC(=O)CCN2CCN(CCC(=O)N3CCN(c4ncc(-c5cc(NC(=O)c6ccc(F)cc6C(F)(F)F)c(N6C[C@@H](C)N(C)[C@@H](C)C6)cc5F)cn4)CC3)CC2)C(C)(C)C)cc1. The molecule has 3 aromatic carbocycles. The van der Waals surface area contributed by atoms with E-state index >= 15 is 4.39 Å². The van der Waals surface area contributed by atoms with E-state index in [9.17, 15) is 46.6 Å². The van der Waals surface area contributed by atoms with Crippen molar-refractivity contribution >= 4 is 58.2 Å². The third kappa shape index (κ3) is 15.4. The highest BCUT2D eigenvalue weighted by molar-refractivity contribution is 7.13. The first kappa shape index (κ1) is 64.3. The molecular formula is C62H78F5N13O6S. The first-order chi connectivity index (χ1) is 41.2. The lowest BCUT2D eigenvalue weighted by molar-refractivity contribution is -0.144. The normalized spacial score (nSPS) is 20.8. The van der Waals surface area contributed by atoms with Crippen LogP contribution in [-0.4, -0.2) is 196 Å². The number of hydrogen-bond donors (Lipinski definition) is 4. The van der Waals surface area contributed by atoms with Crippen LogP contribution >= 0.6 is 11.3 Å². The van der Waals surface area contributed by atoms with Crippen LogP contribution < -0.4 is 25.8 Å². The molecule has 6 heterocycles. The second-order valence-electron chi connectivity index (χ2n) is 24.5. The van der Waals surface area contributed by atoms with E-state index in [-0.39, 0.29) is 83.8 Å². The molecule has 25 heteroatoms. The monoisotopic (exact) mass is 1230 g/mol. The molecular weight excluding hydrogens is 1150 g/mol. The summed E-state index contributed by atoms with van der Waals surface area (Å²) in [6, 6.07) is 10.1. The predicted molar refractivity (Wildman–Crippen MR) is 323 cm³/mol. The minimum absolute atomic E-state index is 0.00276. The molecule has 87 heavy (non-hydrogen) atoms. The van der Waals surface area contributed by atoms with Gasteiger partial charge in [0.15, 0.2) is 0 Å². The molecule has 6 atom stereocenters. The number of β-amino-alcohol motifs (C(OH)–C–C–N with tert-alkyl or cyclic N) is 1. The van der Waals surface area contributed by atoms with Gasteiger partial charge in [-0.2, -0.15) is 13.2 Å². The van der Waals surface area contributed by atoms with Gasteiger partial charge in [-0.1, -0.05) is 45.0 Å². The Morgan fingerprint density at radius 3 is 2.00 bits per heavy atom. The second kappa shape index (κ2) is 27.1. The van der Waals surface area contributed by atoms with Crippen molar-refractivity contribution in [1.29, 1.82) is 0 Å². The number of likely N-dealkylation sites (N-methyl/N-ethyl adjacent to an activating group) is 1. The molecule has 2 aromatic heterocycles. The number of alkyl halides is 3. The molecule has 0 aliphatic carbocycles. The molecule has 468 valence electrons. The number of aryl methyl sites for hydroxylation is 1. The Kier molecular flexibility index (Phi) is 20.0. The van der Waals surface area contributed by atoms with Crippen molar-refractivity contribution in [3.05, 3.63) is 107 Å². The van der Waals surface area contributed by atoms with Crippen LogP contribution in [0.1, 0.15) is 94.0 Å². The van der Waals surface area contributed by atoms with Gasteiger partial charge in [0, 0.05) is 140 Å². The fourth-order valence-electron chi connectivity index (χ4n) is 11.8. The maximum Gasteiger partial charge on any atom is 0.417 e. The molecule has 4 aliphatic rings. The number of nitrogens with one attached hydrogen (secondary N) is 3. The highest BCUT2D eigenvalue weighted by atomic mass is 32.1. The number of rotatable bonds is 17. The largest absolute Gasteiger partial charge is 0.417 e. The summed E-state index contributed by atoms with van der Waals surface area (Å²) >= 11 is 1.56. The summed E-state index contributed by atoms with van der Waals surface area (Å²) in [6.07, 6.45) is -2.51. The molecule has 4 saturated heterocycles. The van der Waals surface area contributed by atoms with Gasteiger partial charge < -0.3 is 50.5 Å². The third-order valence-electron chi connectivity index (χ3n) is 17.3. The Labute approximate surface area is 508 Å². The molecule has 5 amide bonds. The summed E-state index contributed by atoms with van der Waals surface area (Å²) in [6.45, 7) is 19.8. The molecule has 0 saturated carbocycles. The van der Waals surface area contributed by atoms with Crippen LogP contribution in [0.25, 0.3) is 21.6 Å². The number of benzene rings is 3. The Balaban J connectivity index is 0.724. The van der Waals surface area contributed by atoms with Crippen LogP contribution in [0, 0.1) is 24.0 Å². The maximum atomic E-state index is 16.2. The highest BCUT2D eigenvalue weighted by Crippen LogP contribution is 2.39. The first-order valence-electron chi connectivity index (χ1n) is 29.6. The first-order valence-corrected chi connectivity index (χ1v) is 30.5. The minimum Gasteiger partial charge on any atom is -0.391 e. The third-order valence-corrected chi connectivity index (χ3v) is 18.2. The Morgan fingerprint density at radius 1 is 0.770 bits per heavy atom. The number of anilines is 3. The molecule has 0 spiro atoms. The fraction of sp³-hybridized carbons (Fsp3) is 0.516. The number of likely N-dealkylation sites (tertiary alicyclic amines) is 1. The van der Waals surface area contributed by atoms with Gasteiger partial charge in [0.1, 0.15) is 23.7 Å². The van der Waals surface area contributed by atoms with Crippen LogP contribution in [0.15, 0.2) is 72.5 Å². The standard InChI is InChI=1S/C62H78F5N13O6S/c1-37-33-79(34-38(2)74(37)8)51-30-49(64)47(29-50(51)72-57(84)46-14-13-44(63)27-48(46)62(65,66)67)43-31-68-60(69-32-43)78-25-23-77(24-26-78)54(83)16-18-76-21-19-75(20-22-76)17-15-53(82)73-56(61(5,6)7)59(86)80-35-45(81)28-52(80)58(85)71-39(3)41-9-11-42(12-10-41)55-40(4)70-36-87-55/h9-14,27,29-32,36-39,45,52,56,81H,15-26,28,33-35H2,1-8H3,(H,71,85)(H,72,84)(H,73,82)/t37-,38+,39-,45+,52-,56+/m0/s1. The number of thiazole rings is 1. The van der Waals surface area contributed by atoms with Crippen LogP contribution in [0.5, 0.6) is 0 Å². The molecule has 9 rings (SSSR count). The quantitative estimate of drug-likeness (QED) is 0.0689. The lowest BCUT2D eigenvalue weighted by Gasteiger charge is -2.44. The van der Waals surface area contributed by atoms with Crippen molar-refractivity contribution in [2.45, 2.75) is 110 Å². The van der Waals surface area contributed by atoms with E-state index in [2.05, 4.69) is 45.6 Å². The zero-order valence-electron chi connectivity index (χ0n) is 50.5. The van der Waals surface area contributed by atoms with Crippen LogP contribution in [0.4, 0.5) is 39.3 Å². The maximum absolute atomic E-state index is 16.2. The van der Waals surface area contributed by atoms with Crippen LogP contribution in [0.3, 0.4) is 0 Å². The van der Waals surface area contributed by atoms with Crippen molar-refractivity contribution in [3.8, 4) is 21.6 Å². The Bertz CT molecular complexity index is 3260. The molecule has 0 bridgehead atoms. The number of carbonyl (C=O) groups is 5. The number of nitrogens with zero attached hydrogens (tertiary/aromatic N) is 10. The van der Waals surface area contributed by atoms with Gasteiger partial charge in [-0.15, -0.1) is 11.3 Å². The average Bonchev–Trinajstić information content (AvgIpc) is 1.95. The van der Waals surface area contributed by atoms with E-state index in [1.165, 1.54) is 29.4 Å². The van der Waals surface area contributed by atoms with Gasteiger partial charge in [-0.25, -0.2) is 23.7 Å². The van der Waals surface area contributed by atoms with Gasteiger partial charge in [-0.05, 0) is 81.6 Å². The molecule has 4 fully saturated rings. The average molecular weight is 1230 g/mol. The number of amides is 5. The van der Waals surface area contributed by atoms with Gasteiger partial charge in [0.25, 0.3) is 5.91 Å². The number of carbonyl (C=O) groups excluding carboxylic acids is 5. The van der Waals surface area contributed by atoms with Gasteiger partial charge >= 0.3 is 6.18 Å². The van der Waals surface area contributed by atoms with E-state index < -0.39 is 64.4 Å². The Hall–Kier alpha value is -7.19. The molecule has 4 N–H and O–H groups in total. The van der Waals surface area contributed by atoms with E-state index in [1.807, 2.05) is 89.6 Å². The summed E-state index contributed by atoms with van der Waals surface area (Å²) in [5, 5.41) is 19.3. The summed E-state index contributed by atoms with van der Waals surface area (Å²) in [4.78, 5) is 96.7. The molecule has 5 aromatic rings. The number of halogens is 5. The zero-order chi connectivity index (χ0) is 62.6. The minimum atomic E-state index is -5.02. The lowest BCUT2D eigenvalue weighted by Crippen LogP contribution is -2.58. The van der Waals surface area contributed by atoms with Crippen molar-refractivity contribution in [2.24, 2.45) is 5.41 Å². The summed E-state index contributed by atoms with van der Waals surface area (Å²) in [7, 11) is 1.96. The van der Waals surface area contributed by atoms with Crippen molar-refractivity contribution < 1.29 is 51.0 Å². The Morgan fingerprint density at radius 2 is 1.40 bits per heavy atom. The van der Waals surface area contributed by atoms with Gasteiger partial charge in [0.2, 0.25) is 29.6 Å². The number of piperazine rings is 3. The van der Waals surface area contributed by atoms with Crippen LogP contribution in [0.2, 0.25) is 0 Å². The predicted octanol–water partition coefficient (Wildman–Crippen LogP) is 7.07. The van der Waals surface area contributed by atoms with E-state index in [4.69, 9.17) is 0 Å². The van der Waals surface area contributed by atoms with Crippen molar-refractivity contribution in [1.82, 2.24) is 50.1 Å². The van der Waals surface area contributed by atoms with Crippen molar-refractivity contribution in [2.75, 3.05) is 107 Å². The smallest absolute Gasteiger partial charge is 0.391 e. The number of aliphatic hydroxyl groups excluding tert-OH is 1. The fourth-order valence-corrected chi connectivity index (χ4v) is 12.6. The summed E-state index contributed by atoms with van der Waals surface area (Å²) in [5.74, 6) is -3.70. The molecule has 19 nitrogen and oxygen atoms in total. The van der Waals surface area contributed by atoms with E-state index in [0.29, 0.717) is 90.9 Å². The van der Waals surface area contributed by atoms with E-state index in [0.717, 1.165) is 33.8 Å². The number of aromatic nitrogens is 3. The zero-order valence-corrected chi connectivity index (χ0v) is 51.3. The number of aliphatic hydroxyl groups is 1. The second-order valence-corrected chi connectivity index (χ2v) is 25.3. The topological polar surface area (TPSA) is 203 Å². The van der Waals surface area contributed by atoms with Crippen molar-refractivity contribution in [3.63, 3.8) is 0 Å². The molecule has 0 radical (unpaired) electrons. The molecule has 4 aliphatic heterocycles. The highest BCUT2D eigenvalue weighted by Gasteiger charge is 2.45. The lowest BCUT2D eigenvalue weighted by atomic mass is 9.85. The van der Waals surface area contributed by atoms with Crippen LogP contribution in [-0.2, 0) is 25.4 Å². The number of hydrogen-bond acceptors (Lipinski definition) is 15.